The number of aryl methyl sites for hydroxylation is 2. The molecule has 1 saturated heterocycles. The number of likely N-dealkylation sites (tertiary alicyclic amines) is 1. The Bertz CT molecular complexity index is 803. The normalized spacial score (nSPS) is 22.1. The Kier molecular flexibility index (Phi) is 3.24. The van der Waals surface area contributed by atoms with E-state index in [4.69, 9.17) is 9.52 Å². The van der Waals surface area contributed by atoms with Crippen LogP contribution >= 0.6 is 0 Å². The van der Waals surface area contributed by atoms with Crippen LogP contribution in [0.5, 0.6) is 0 Å². The highest BCUT2D eigenvalue weighted by Crippen LogP contribution is 2.59. The first-order valence-electron chi connectivity index (χ1n) is 8.42. The van der Waals surface area contributed by atoms with Crippen molar-refractivity contribution in [2.45, 2.75) is 33.1 Å². The molecule has 5 nitrogen and oxygen atoms in total. The van der Waals surface area contributed by atoms with Gasteiger partial charge in [-0.15, -0.1) is 0 Å². The van der Waals surface area contributed by atoms with E-state index in [1.165, 1.54) is 5.56 Å². The summed E-state index contributed by atoms with van der Waals surface area (Å²) in [5.74, 6) is -0.634. The third-order valence-corrected chi connectivity index (χ3v) is 5.88. The minimum Gasteiger partial charge on any atom is -0.481 e. The van der Waals surface area contributed by atoms with E-state index in [1.54, 1.807) is 4.90 Å². The van der Waals surface area contributed by atoms with Gasteiger partial charge in [-0.05, 0) is 67.9 Å². The molecule has 0 radical (unpaired) electrons. The highest BCUT2D eigenvalue weighted by atomic mass is 16.4. The van der Waals surface area contributed by atoms with Crippen molar-refractivity contribution in [2.75, 3.05) is 13.1 Å². The highest BCUT2D eigenvalue weighted by molar-refractivity contribution is 5.96. The largest absolute Gasteiger partial charge is 0.481 e. The molecule has 2 fully saturated rings. The first kappa shape index (κ1) is 15.2. The number of carbonyl (C=O) groups is 2. The molecule has 1 spiro atoms. The van der Waals surface area contributed by atoms with Crippen molar-refractivity contribution in [3.63, 3.8) is 0 Å². The summed E-state index contributed by atoms with van der Waals surface area (Å²) in [5, 5.41) is 10.1. The quantitative estimate of drug-likeness (QED) is 0.918. The number of rotatable bonds is 2. The summed E-state index contributed by atoms with van der Waals surface area (Å²) in [4.78, 5) is 25.6. The van der Waals surface area contributed by atoms with E-state index in [0.717, 1.165) is 35.8 Å². The van der Waals surface area contributed by atoms with Crippen LogP contribution in [0.1, 0.15) is 40.9 Å². The maximum absolute atomic E-state index is 12.7. The molecule has 126 valence electrons. The number of fused-ring (bicyclic) bond motifs is 1. The molecule has 1 atom stereocenters. The number of piperidine rings is 1. The van der Waals surface area contributed by atoms with Crippen LogP contribution in [-0.2, 0) is 4.79 Å². The van der Waals surface area contributed by atoms with Gasteiger partial charge in [0.05, 0.1) is 5.92 Å². The topological polar surface area (TPSA) is 70.8 Å². The number of nitrogens with zero attached hydrogens (tertiary/aromatic N) is 1. The van der Waals surface area contributed by atoms with Gasteiger partial charge in [0, 0.05) is 18.5 Å². The zero-order valence-electron chi connectivity index (χ0n) is 14.0. The molecule has 1 aliphatic carbocycles. The zero-order chi connectivity index (χ0) is 17.1. The predicted octanol–water partition coefficient (Wildman–Crippen LogP) is 3.38. The molecule has 4 rings (SSSR count). The number of amides is 1. The zero-order valence-corrected chi connectivity index (χ0v) is 14.0. The fraction of sp³-hybridized carbons (Fsp3) is 0.474. The van der Waals surface area contributed by atoms with Gasteiger partial charge in [0.25, 0.3) is 5.91 Å². The molecule has 1 amide bonds. The minimum atomic E-state index is -0.696. The molecular formula is C19H21NO4. The summed E-state index contributed by atoms with van der Waals surface area (Å²) in [6, 6.07) is 5.82. The molecular weight excluding hydrogens is 306 g/mol. The first-order valence-corrected chi connectivity index (χ1v) is 8.42. The van der Waals surface area contributed by atoms with Crippen LogP contribution in [-0.4, -0.2) is 35.0 Å². The van der Waals surface area contributed by atoms with E-state index in [9.17, 15) is 9.59 Å². The Morgan fingerprint density at radius 1 is 1.17 bits per heavy atom. The molecule has 1 aromatic carbocycles. The van der Waals surface area contributed by atoms with Crippen LogP contribution in [0.3, 0.4) is 0 Å². The van der Waals surface area contributed by atoms with E-state index in [0.29, 0.717) is 18.8 Å². The molecule has 1 aliphatic heterocycles. The molecule has 1 N–H and O–H groups in total. The first-order chi connectivity index (χ1) is 11.4. The molecule has 1 unspecified atom stereocenters. The van der Waals surface area contributed by atoms with Gasteiger partial charge in [-0.3, -0.25) is 9.59 Å². The number of carboxylic acid groups (broad SMARTS) is 1. The lowest BCUT2D eigenvalue weighted by molar-refractivity contribution is -0.139. The molecule has 1 saturated carbocycles. The SMILES string of the molecule is Cc1cc2cc(C(=O)N3CCC4(CC3)CC4C(=O)O)oc2cc1C. The Morgan fingerprint density at radius 3 is 2.46 bits per heavy atom. The summed E-state index contributed by atoms with van der Waals surface area (Å²) in [6.07, 6.45) is 2.30. The molecule has 2 aliphatic rings. The van der Waals surface area contributed by atoms with Crippen molar-refractivity contribution >= 4 is 22.8 Å². The number of aliphatic carboxylic acids is 1. The second-order valence-corrected chi connectivity index (χ2v) is 7.33. The minimum absolute atomic E-state index is 0.0648. The maximum atomic E-state index is 12.7. The monoisotopic (exact) mass is 327 g/mol. The van der Waals surface area contributed by atoms with Crippen LogP contribution in [0.25, 0.3) is 11.0 Å². The summed E-state index contributed by atoms with van der Waals surface area (Å²) < 4.78 is 5.76. The molecule has 2 aromatic rings. The van der Waals surface area contributed by atoms with Gasteiger partial charge in [-0.2, -0.15) is 0 Å². The van der Waals surface area contributed by atoms with Crippen molar-refractivity contribution < 1.29 is 19.1 Å². The lowest BCUT2D eigenvalue weighted by atomic mass is 9.90. The second-order valence-electron chi connectivity index (χ2n) is 7.33. The number of benzene rings is 1. The molecule has 24 heavy (non-hydrogen) atoms. The molecule has 2 heterocycles. The fourth-order valence-corrected chi connectivity index (χ4v) is 3.97. The Labute approximate surface area is 140 Å². The predicted molar refractivity (Wildman–Crippen MR) is 89.0 cm³/mol. The summed E-state index contributed by atoms with van der Waals surface area (Å²) >= 11 is 0. The number of hydrogen-bond acceptors (Lipinski definition) is 3. The third kappa shape index (κ3) is 2.30. The number of carbonyl (C=O) groups excluding carboxylic acids is 1. The van der Waals surface area contributed by atoms with E-state index >= 15 is 0 Å². The average molecular weight is 327 g/mol. The highest BCUT2D eigenvalue weighted by Gasteiger charge is 2.59. The van der Waals surface area contributed by atoms with Crippen molar-refractivity contribution in [2.24, 2.45) is 11.3 Å². The number of furan rings is 1. The van der Waals surface area contributed by atoms with Crippen molar-refractivity contribution in [3.8, 4) is 0 Å². The lowest BCUT2D eigenvalue weighted by Gasteiger charge is -2.32. The summed E-state index contributed by atoms with van der Waals surface area (Å²) in [6.45, 7) is 5.29. The summed E-state index contributed by atoms with van der Waals surface area (Å²) in [7, 11) is 0. The van der Waals surface area contributed by atoms with Gasteiger partial charge >= 0.3 is 5.97 Å². The molecule has 1 aromatic heterocycles. The van der Waals surface area contributed by atoms with Crippen molar-refractivity contribution in [1.29, 1.82) is 0 Å². The smallest absolute Gasteiger partial charge is 0.307 e. The number of carboxylic acids is 1. The Hall–Kier alpha value is -2.30. The van der Waals surface area contributed by atoms with Crippen molar-refractivity contribution in [3.05, 3.63) is 35.1 Å². The Balaban J connectivity index is 1.50. The van der Waals surface area contributed by atoms with Crippen molar-refractivity contribution in [1.82, 2.24) is 4.90 Å². The average Bonchev–Trinajstić information content (AvgIpc) is 3.10. The lowest BCUT2D eigenvalue weighted by Crippen LogP contribution is -2.39. The van der Waals surface area contributed by atoms with Crippen LogP contribution in [0.4, 0.5) is 0 Å². The van der Waals surface area contributed by atoms with Crippen LogP contribution in [0.15, 0.2) is 22.6 Å². The maximum Gasteiger partial charge on any atom is 0.307 e. The third-order valence-electron chi connectivity index (χ3n) is 5.88. The van der Waals surface area contributed by atoms with E-state index in [1.807, 2.05) is 32.0 Å². The molecule has 5 heteroatoms. The van der Waals surface area contributed by atoms with Gasteiger partial charge in [0.1, 0.15) is 5.58 Å². The second kappa shape index (κ2) is 5.10. The van der Waals surface area contributed by atoms with Crippen LogP contribution in [0, 0.1) is 25.2 Å². The number of hydrogen-bond donors (Lipinski definition) is 1. The van der Waals surface area contributed by atoms with E-state index in [-0.39, 0.29) is 17.2 Å². The van der Waals surface area contributed by atoms with Crippen LogP contribution in [0.2, 0.25) is 0 Å². The van der Waals surface area contributed by atoms with Crippen LogP contribution < -0.4 is 0 Å². The van der Waals surface area contributed by atoms with Gasteiger partial charge in [-0.1, -0.05) is 0 Å². The van der Waals surface area contributed by atoms with Gasteiger partial charge in [-0.25, -0.2) is 0 Å². The van der Waals surface area contributed by atoms with E-state index in [2.05, 4.69) is 0 Å². The van der Waals surface area contributed by atoms with Gasteiger partial charge in [0.15, 0.2) is 5.76 Å². The molecule has 0 bridgehead atoms. The van der Waals surface area contributed by atoms with E-state index < -0.39 is 5.97 Å². The Morgan fingerprint density at radius 2 is 1.83 bits per heavy atom. The standard InChI is InChI=1S/C19H21NO4/c1-11-7-13-9-16(24-15(13)8-12(11)2)17(21)20-5-3-19(4-6-20)10-14(19)18(22)23/h7-9,14H,3-6,10H2,1-2H3,(H,22,23). The summed E-state index contributed by atoms with van der Waals surface area (Å²) in [5.41, 5.74) is 2.99. The van der Waals surface area contributed by atoms with Gasteiger partial charge in [0.2, 0.25) is 0 Å². The van der Waals surface area contributed by atoms with Gasteiger partial charge < -0.3 is 14.4 Å². The fourth-order valence-electron chi connectivity index (χ4n) is 3.97.